The number of rotatable bonds is 9. The van der Waals surface area contributed by atoms with Crippen LogP contribution in [-0.4, -0.2) is 45.3 Å². The summed E-state index contributed by atoms with van der Waals surface area (Å²) in [5.74, 6) is -0.729. The van der Waals surface area contributed by atoms with Crippen molar-refractivity contribution in [1.82, 2.24) is 0 Å². The number of hydrogen-bond donors (Lipinski definition) is 1. The third-order valence-electron chi connectivity index (χ3n) is 3.85. The first-order valence-electron chi connectivity index (χ1n) is 9.11. The molecule has 8 nitrogen and oxygen atoms in total. The fraction of sp³-hybridized carbons (Fsp3) is 0.227. The van der Waals surface area contributed by atoms with Gasteiger partial charge in [-0.2, -0.15) is 0 Å². The zero-order valence-corrected chi connectivity index (χ0v) is 17.0. The molecule has 0 heterocycles. The second-order valence-electron chi connectivity index (χ2n) is 5.87. The van der Waals surface area contributed by atoms with Crippen molar-refractivity contribution in [2.75, 3.05) is 32.8 Å². The molecule has 0 unspecified atom stereocenters. The standard InChI is InChI=1S/C22H23NO7/c1-4-29-19-13-15(9-11-18(19)27-2)10-12-21(25)30-14-20(24)23-17-8-6-5-7-16(17)22(26)28-3/h5-13H,4,14H2,1-3H3,(H,23,24)/b12-10+. The molecule has 0 aliphatic rings. The molecule has 158 valence electrons. The van der Waals surface area contributed by atoms with Gasteiger partial charge in [-0.05, 0) is 42.8 Å². The van der Waals surface area contributed by atoms with Gasteiger partial charge in [0.1, 0.15) is 0 Å². The molecule has 2 aromatic carbocycles. The van der Waals surface area contributed by atoms with Crippen LogP contribution < -0.4 is 14.8 Å². The average molecular weight is 413 g/mol. The van der Waals surface area contributed by atoms with Crippen molar-refractivity contribution in [3.63, 3.8) is 0 Å². The summed E-state index contributed by atoms with van der Waals surface area (Å²) in [5.41, 5.74) is 1.17. The number of amides is 1. The fourth-order valence-corrected chi connectivity index (χ4v) is 2.48. The highest BCUT2D eigenvalue weighted by atomic mass is 16.5. The topological polar surface area (TPSA) is 100 Å². The maximum absolute atomic E-state index is 12.0. The fourth-order valence-electron chi connectivity index (χ4n) is 2.48. The summed E-state index contributed by atoms with van der Waals surface area (Å²) < 4.78 is 20.3. The first-order chi connectivity index (χ1) is 14.5. The lowest BCUT2D eigenvalue weighted by Gasteiger charge is -2.10. The van der Waals surface area contributed by atoms with Gasteiger partial charge in [0.25, 0.3) is 5.91 Å². The van der Waals surface area contributed by atoms with Gasteiger partial charge in [0.05, 0.1) is 32.1 Å². The maximum atomic E-state index is 12.0. The largest absolute Gasteiger partial charge is 0.493 e. The Kier molecular flexibility index (Phi) is 8.43. The highest BCUT2D eigenvalue weighted by Crippen LogP contribution is 2.28. The van der Waals surface area contributed by atoms with Crippen molar-refractivity contribution >= 4 is 29.6 Å². The Morgan fingerprint density at radius 2 is 1.80 bits per heavy atom. The third kappa shape index (κ3) is 6.37. The van der Waals surface area contributed by atoms with Crippen molar-refractivity contribution in [2.45, 2.75) is 6.92 Å². The van der Waals surface area contributed by atoms with Gasteiger partial charge in [-0.3, -0.25) is 4.79 Å². The van der Waals surface area contributed by atoms with Crippen LogP contribution in [0.1, 0.15) is 22.8 Å². The van der Waals surface area contributed by atoms with E-state index in [1.807, 2.05) is 6.92 Å². The van der Waals surface area contributed by atoms with E-state index in [9.17, 15) is 14.4 Å². The van der Waals surface area contributed by atoms with Crippen molar-refractivity contribution in [2.24, 2.45) is 0 Å². The number of methoxy groups -OCH3 is 2. The summed E-state index contributed by atoms with van der Waals surface area (Å²) in [5, 5.41) is 2.52. The van der Waals surface area contributed by atoms with Gasteiger partial charge in [-0.25, -0.2) is 9.59 Å². The number of anilines is 1. The number of nitrogens with one attached hydrogen (secondary N) is 1. The molecule has 0 aliphatic carbocycles. The van der Waals surface area contributed by atoms with Crippen molar-refractivity contribution in [3.05, 3.63) is 59.7 Å². The highest BCUT2D eigenvalue weighted by Gasteiger charge is 2.14. The Bertz CT molecular complexity index is 937. The second kappa shape index (κ2) is 11.3. The number of hydrogen-bond acceptors (Lipinski definition) is 7. The maximum Gasteiger partial charge on any atom is 0.339 e. The van der Waals surface area contributed by atoms with Gasteiger partial charge in [-0.1, -0.05) is 18.2 Å². The summed E-state index contributed by atoms with van der Waals surface area (Å²) in [6, 6.07) is 11.6. The molecular weight excluding hydrogens is 390 g/mol. The zero-order chi connectivity index (χ0) is 21.9. The molecule has 1 amide bonds. The lowest BCUT2D eigenvalue weighted by molar-refractivity contribution is -0.142. The molecular formula is C22H23NO7. The third-order valence-corrected chi connectivity index (χ3v) is 3.85. The summed E-state index contributed by atoms with van der Waals surface area (Å²) in [4.78, 5) is 35.7. The zero-order valence-electron chi connectivity index (χ0n) is 17.0. The minimum absolute atomic E-state index is 0.198. The average Bonchev–Trinajstić information content (AvgIpc) is 2.76. The van der Waals surface area contributed by atoms with Crippen LogP contribution in [0.4, 0.5) is 5.69 Å². The van der Waals surface area contributed by atoms with Gasteiger partial charge in [0.15, 0.2) is 18.1 Å². The van der Waals surface area contributed by atoms with Crippen LogP contribution >= 0.6 is 0 Å². The first-order valence-corrected chi connectivity index (χ1v) is 9.11. The predicted molar refractivity (Wildman–Crippen MR) is 111 cm³/mol. The number of ether oxygens (including phenoxy) is 4. The first kappa shape index (κ1) is 22.5. The van der Waals surface area contributed by atoms with E-state index in [-0.39, 0.29) is 11.3 Å². The SMILES string of the molecule is CCOc1cc(/C=C/C(=O)OCC(=O)Nc2ccccc2C(=O)OC)ccc1OC. The Labute approximate surface area is 174 Å². The molecule has 8 heteroatoms. The summed E-state index contributed by atoms with van der Waals surface area (Å²) in [6.07, 6.45) is 2.74. The number of para-hydroxylation sites is 1. The van der Waals surface area contributed by atoms with Crippen LogP contribution in [0.2, 0.25) is 0 Å². The van der Waals surface area contributed by atoms with E-state index in [1.54, 1.807) is 43.5 Å². The van der Waals surface area contributed by atoms with Crippen LogP contribution in [0, 0.1) is 0 Å². The van der Waals surface area contributed by atoms with E-state index in [4.69, 9.17) is 14.2 Å². The van der Waals surface area contributed by atoms with E-state index < -0.39 is 24.5 Å². The quantitative estimate of drug-likeness (QED) is 0.498. The van der Waals surface area contributed by atoms with Crippen LogP contribution in [0.5, 0.6) is 11.5 Å². The number of carbonyl (C=O) groups excluding carboxylic acids is 3. The van der Waals surface area contributed by atoms with Crippen LogP contribution in [0.15, 0.2) is 48.5 Å². The van der Waals surface area contributed by atoms with Gasteiger partial charge in [0, 0.05) is 6.08 Å². The number of benzene rings is 2. The van der Waals surface area contributed by atoms with Crippen LogP contribution in [-0.2, 0) is 19.1 Å². The van der Waals surface area contributed by atoms with E-state index >= 15 is 0 Å². The van der Waals surface area contributed by atoms with E-state index in [0.717, 1.165) is 0 Å². The van der Waals surface area contributed by atoms with E-state index in [1.165, 1.54) is 25.3 Å². The van der Waals surface area contributed by atoms with Gasteiger partial charge in [-0.15, -0.1) is 0 Å². The minimum Gasteiger partial charge on any atom is -0.493 e. The summed E-state index contributed by atoms with van der Waals surface area (Å²) >= 11 is 0. The molecule has 0 saturated carbocycles. The molecule has 0 aliphatic heterocycles. The predicted octanol–water partition coefficient (Wildman–Crippen LogP) is 3.08. The van der Waals surface area contributed by atoms with Gasteiger partial charge < -0.3 is 24.3 Å². The molecule has 1 N–H and O–H groups in total. The Morgan fingerprint density at radius 3 is 2.50 bits per heavy atom. The van der Waals surface area contributed by atoms with Crippen LogP contribution in [0.3, 0.4) is 0 Å². The molecule has 0 aromatic heterocycles. The van der Waals surface area contributed by atoms with Gasteiger partial charge in [0.2, 0.25) is 0 Å². The molecule has 0 bridgehead atoms. The van der Waals surface area contributed by atoms with Crippen LogP contribution in [0.25, 0.3) is 6.08 Å². The Balaban J connectivity index is 1.93. The second-order valence-corrected chi connectivity index (χ2v) is 5.87. The van der Waals surface area contributed by atoms with Gasteiger partial charge >= 0.3 is 11.9 Å². The lowest BCUT2D eigenvalue weighted by atomic mass is 10.2. The summed E-state index contributed by atoms with van der Waals surface area (Å²) in [7, 11) is 2.79. The number of carbonyl (C=O) groups is 3. The monoisotopic (exact) mass is 413 g/mol. The molecule has 2 rings (SSSR count). The van der Waals surface area contributed by atoms with E-state index in [2.05, 4.69) is 10.1 Å². The number of esters is 2. The lowest BCUT2D eigenvalue weighted by Crippen LogP contribution is -2.21. The van der Waals surface area contributed by atoms with Crippen molar-refractivity contribution < 1.29 is 33.3 Å². The smallest absolute Gasteiger partial charge is 0.339 e. The molecule has 0 spiro atoms. The molecule has 0 saturated heterocycles. The molecule has 0 fully saturated rings. The highest BCUT2D eigenvalue weighted by molar-refractivity contribution is 6.02. The Morgan fingerprint density at radius 1 is 1.03 bits per heavy atom. The van der Waals surface area contributed by atoms with Crippen molar-refractivity contribution in [1.29, 1.82) is 0 Å². The van der Waals surface area contributed by atoms with Crippen molar-refractivity contribution in [3.8, 4) is 11.5 Å². The molecule has 0 radical (unpaired) electrons. The summed E-state index contributed by atoms with van der Waals surface area (Å²) in [6.45, 7) is 1.82. The normalized spacial score (nSPS) is 10.4. The molecule has 0 atom stereocenters. The molecule has 30 heavy (non-hydrogen) atoms. The Hall–Kier alpha value is -3.81. The molecule has 2 aromatic rings. The van der Waals surface area contributed by atoms with E-state index in [0.29, 0.717) is 23.7 Å². The minimum atomic E-state index is -0.694.